The molecule has 2 aromatic rings. The SMILES string of the molecule is Cc1cc(C)c(-n2[nH]c(C(=O)O)cc2=O)c(C)c1. The summed E-state index contributed by atoms with van der Waals surface area (Å²) >= 11 is 0. The van der Waals surface area contributed by atoms with Gasteiger partial charge in [0.25, 0.3) is 5.56 Å². The molecule has 0 amide bonds. The fourth-order valence-electron chi connectivity index (χ4n) is 2.20. The lowest BCUT2D eigenvalue weighted by atomic mass is 10.1. The van der Waals surface area contributed by atoms with Crippen molar-refractivity contribution < 1.29 is 9.90 Å². The Kier molecular flexibility index (Phi) is 2.82. The van der Waals surface area contributed by atoms with Crippen LogP contribution in [0.5, 0.6) is 0 Å². The number of H-pyrrole nitrogens is 1. The second-order valence-corrected chi connectivity index (χ2v) is 4.40. The average Bonchev–Trinajstić information content (AvgIpc) is 2.59. The quantitative estimate of drug-likeness (QED) is 0.848. The number of aromatic amines is 1. The Balaban J connectivity index is 2.70. The van der Waals surface area contributed by atoms with Gasteiger partial charge in [-0.3, -0.25) is 9.89 Å². The summed E-state index contributed by atoms with van der Waals surface area (Å²) in [5.41, 5.74) is 3.17. The number of hydrogen-bond acceptors (Lipinski definition) is 2. The lowest BCUT2D eigenvalue weighted by molar-refractivity contribution is 0.0690. The minimum absolute atomic E-state index is 0.112. The molecule has 2 N–H and O–H groups in total. The van der Waals surface area contributed by atoms with Crippen LogP contribution in [0.25, 0.3) is 5.69 Å². The molecular weight excluding hydrogens is 232 g/mol. The highest BCUT2D eigenvalue weighted by molar-refractivity contribution is 5.85. The van der Waals surface area contributed by atoms with Gasteiger partial charge in [0.05, 0.1) is 5.69 Å². The minimum Gasteiger partial charge on any atom is -0.477 e. The number of carboxylic acid groups (broad SMARTS) is 1. The number of carboxylic acids is 1. The second kappa shape index (κ2) is 4.18. The maximum Gasteiger partial charge on any atom is 0.353 e. The summed E-state index contributed by atoms with van der Waals surface area (Å²) in [5, 5.41) is 11.5. The molecule has 0 spiro atoms. The van der Waals surface area contributed by atoms with Gasteiger partial charge in [0.2, 0.25) is 0 Å². The van der Waals surface area contributed by atoms with Crippen molar-refractivity contribution in [3.05, 3.63) is 50.9 Å². The highest BCUT2D eigenvalue weighted by Gasteiger charge is 2.13. The molecule has 5 nitrogen and oxygen atoms in total. The van der Waals surface area contributed by atoms with Crippen LogP contribution < -0.4 is 5.56 Å². The van der Waals surface area contributed by atoms with E-state index in [4.69, 9.17) is 5.11 Å². The van der Waals surface area contributed by atoms with E-state index in [2.05, 4.69) is 5.10 Å². The normalized spacial score (nSPS) is 10.6. The third-order valence-corrected chi connectivity index (χ3v) is 2.81. The number of nitrogens with zero attached hydrogens (tertiary/aromatic N) is 1. The van der Waals surface area contributed by atoms with Gasteiger partial charge in [-0.2, -0.15) is 0 Å². The first-order chi connectivity index (χ1) is 8.40. The molecule has 0 bridgehead atoms. The summed E-state index contributed by atoms with van der Waals surface area (Å²) in [7, 11) is 0. The molecule has 0 saturated heterocycles. The summed E-state index contributed by atoms with van der Waals surface area (Å²) in [6.45, 7) is 5.76. The van der Waals surface area contributed by atoms with Gasteiger partial charge < -0.3 is 5.11 Å². The highest BCUT2D eigenvalue weighted by atomic mass is 16.4. The molecule has 18 heavy (non-hydrogen) atoms. The largest absolute Gasteiger partial charge is 0.477 e. The number of aromatic carboxylic acids is 1. The van der Waals surface area contributed by atoms with E-state index in [-0.39, 0.29) is 11.3 Å². The topological polar surface area (TPSA) is 75.1 Å². The standard InChI is InChI=1S/C13H14N2O3/c1-7-4-8(2)12(9(3)5-7)15-11(16)6-10(14-15)13(17)18/h4-6,14H,1-3H3,(H,17,18). The summed E-state index contributed by atoms with van der Waals surface area (Å²) in [6, 6.07) is 4.99. The molecular formula is C13H14N2O3. The third-order valence-electron chi connectivity index (χ3n) is 2.81. The number of carbonyl (C=O) groups is 1. The number of rotatable bonds is 2. The molecule has 0 fully saturated rings. The monoisotopic (exact) mass is 246 g/mol. The van der Waals surface area contributed by atoms with Crippen LogP contribution in [-0.2, 0) is 0 Å². The molecule has 0 atom stereocenters. The van der Waals surface area contributed by atoms with Crippen molar-refractivity contribution >= 4 is 5.97 Å². The fourth-order valence-corrected chi connectivity index (χ4v) is 2.20. The molecule has 0 aliphatic rings. The molecule has 5 heteroatoms. The Labute approximate surface area is 104 Å². The van der Waals surface area contributed by atoms with Crippen LogP contribution in [0.4, 0.5) is 0 Å². The molecule has 0 radical (unpaired) electrons. The van der Waals surface area contributed by atoms with Crippen LogP contribution in [0.1, 0.15) is 27.2 Å². The first-order valence-corrected chi connectivity index (χ1v) is 5.53. The Morgan fingerprint density at radius 3 is 2.17 bits per heavy atom. The second-order valence-electron chi connectivity index (χ2n) is 4.40. The Hall–Kier alpha value is -2.30. The van der Waals surface area contributed by atoms with Crippen molar-refractivity contribution in [2.75, 3.05) is 0 Å². The van der Waals surface area contributed by atoms with E-state index < -0.39 is 5.97 Å². The van der Waals surface area contributed by atoms with Gasteiger partial charge in [0, 0.05) is 6.07 Å². The van der Waals surface area contributed by atoms with Crippen molar-refractivity contribution in [1.82, 2.24) is 9.78 Å². The molecule has 1 aromatic carbocycles. The summed E-state index contributed by atoms with van der Waals surface area (Å²) in [5.74, 6) is -1.15. The van der Waals surface area contributed by atoms with Crippen molar-refractivity contribution in [3.63, 3.8) is 0 Å². The van der Waals surface area contributed by atoms with E-state index in [0.717, 1.165) is 22.8 Å². The predicted octanol–water partition coefficient (Wildman–Crippen LogP) is 1.79. The van der Waals surface area contributed by atoms with E-state index in [1.165, 1.54) is 4.68 Å². The van der Waals surface area contributed by atoms with Crippen LogP contribution in [0.3, 0.4) is 0 Å². The number of aryl methyl sites for hydroxylation is 3. The van der Waals surface area contributed by atoms with Gasteiger partial charge in [-0.25, -0.2) is 9.48 Å². The maximum absolute atomic E-state index is 11.8. The third kappa shape index (κ3) is 1.95. The van der Waals surface area contributed by atoms with Gasteiger partial charge >= 0.3 is 5.97 Å². The van der Waals surface area contributed by atoms with Gasteiger partial charge in [-0.05, 0) is 31.9 Å². The van der Waals surface area contributed by atoms with Gasteiger partial charge in [-0.15, -0.1) is 0 Å². The zero-order valence-electron chi connectivity index (χ0n) is 10.4. The molecule has 0 saturated carbocycles. The number of nitrogens with one attached hydrogen (secondary N) is 1. The van der Waals surface area contributed by atoms with Crippen LogP contribution in [0.2, 0.25) is 0 Å². The average molecular weight is 246 g/mol. The van der Waals surface area contributed by atoms with Gasteiger partial charge in [-0.1, -0.05) is 17.7 Å². The minimum atomic E-state index is -1.15. The Bertz CT molecular complexity index is 657. The zero-order valence-corrected chi connectivity index (χ0v) is 10.4. The fraction of sp³-hybridized carbons (Fsp3) is 0.231. The van der Waals surface area contributed by atoms with E-state index in [9.17, 15) is 9.59 Å². The summed E-state index contributed by atoms with van der Waals surface area (Å²) in [6.07, 6.45) is 0. The van der Waals surface area contributed by atoms with Crippen LogP contribution in [0.15, 0.2) is 23.0 Å². The zero-order chi connectivity index (χ0) is 13.4. The number of benzene rings is 1. The lowest BCUT2D eigenvalue weighted by Crippen LogP contribution is -2.16. The van der Waals surface area contributed by atoms with Crippen LogP contribution in [0, 0.1) is 20.8 Å². The van der Waals surface area contributed by atoms with Gasteiger partial charge in [0.15, 0.2) is 0 Å². The maximum atomic E-state index is 11.8. The number of hydrogen-bond donors (Lipinski definition) is 2. The molecule has 0 aliphatic carbocycles. The number of aromatic nitrogens is 2. The molecule has 94 valence electrons. The first kappa shape index (κ1) is 12.2. The van der Waals surface area contributed by atoms with Gasteiger partial charge in [0.1, 0.15) is 5.69 Å². The van der Waals surface area contributed by atoms with Crippen molar-refractivity contribution in [3.8, 4) is 5.69 Å². The van der Waals surface area contributed by atoms with Crippen molar-refractivity contribution in [2.45, 2.75) is 20.8 Å². The molecule has 1 aromatic heterocycles. The van der Waals surface area contributed by atoms with Crippen LogP contribution in [-0.4, -0.2) is 20.9 Å². The molecule has 2 rings (SSSR count). The smallest absolute Gasteiger partial charge is 0.353 e. The summed E-state index contributed by atoms with van der Waals surface area (Å²) < 4.78 is 1.27. The van der Waals surface area contributed by atoms with E-state index >= 15 is 0 Å². The Morgan fingerprint density at radius 2 is 1.72 bits per heavy atom. The van der Waals surface area contributed by atoms with Crippen LogP contribution >= 0.6 is 0 Å². The molecule has 0 aliphatic heterocycles. The van der Waals surface area contributed by atoms with E-state index in [0.29, 0.717) is 5.69 Å². The molecule has 0 unspecified atom stereocenters. The van der Waals surface area contributed by atoms with Crippen molar-refractivity contribution in [1.29, 1.82) is 0 Å². The highest BCUT2D eigenvalue weighted by Crippen LogP contribution is 2.19. The van der Waals surface area contributed by atoms with Crippen molar-refractivity contribution in [2.24, 2.45) is 0 Å². The molecule has 1 heterocycles. The summed E-state index contributed by atoms with van der Waals surface area (Å²) in [4.78, 5) is 22.6. The van der Waals surface area contributed by atoms with E-state index in [1.54, 1.807) is 0 Å². The lowest BCUT2D eigenvalue weighted by Gasteiger charge is -2.11. The Morgan fingerprint density at radius 1 is 1.17 bits per heavy atom. The first-order valence-electron chi connectivity index (χ1n) is 5.53. The predicted molar refractivity (Wildman–Crippen MR) is 67.6 cm³/mol. The van der Waals surface area contributed by atoms with E-state index in [1.807, 2.05) is 32.9 Å².